The van der Waals surface area contributed by atoms with Crippen LogP contribution in [0.25, 0.3) is 0 Å². The van der Waals surface area contributed by atoms with Crippen LogP contribution >= 0.6 is 0 Å². The van der Waals surface area contributed by atoms with Gasteiger partial charge in [0.15, 0.2) is 12.4 Å². The molecule has 0 saturated carbocycles. The number of hydrogen-bond acceptors (Lipinski definition) is 4. The van der Waals surface area contributed by atoms with E-state index in [-0.39, 0.29) is 11.1 Å². The molecule has 7 heteroatoms. The maximum Gasteiger partial charge on any atom is 0.317 e. The van der Waals surface area contributed by atoms with Crippen LogP contribution in [0.3, 0.4) is 0 Å². The average Bonchev–Trinajstić information content (AvgIpc) is 2.35. The van der Waals surface area contributed by atoms with Crippen molar-refractivity contribution < 1.29 is 33.0 Å². The number of halogens is 2. The van der Waals surface area contributed by atoms with Gasteiger partial charge in [0.05, 0.1) is 0 Å². The quantitative estimate of drug-likeness (QED) is 0.485. The Morgan fingerprint density at radius 1 is 1.16 bits per heavy atom. The van der Waals surface area contributed by atoms with Gasteiger partial charge in [-0.1, -0.05) is 24.3 Å². The summed E-state index contributed by atoms with van der Waals surface area (Å²) < 4.78 is 29.0. The van der Waals surface area contributed by atoms with E-state index < -0.39 is 37.2 Å². The zero-order valence-electron chi connectivity index (χ0n) is 9.64. The number of hydrogen-bond donors (Lipinski definition) is 1. The van der Waals surface area contributed by atoms with Crippen LogP contribution < -0.4 is 0 Å². The number of esters is 1. The molecule has 0 aliphatic carbocycles. The summed E-state index contributed by atoms with van der Waals surface area (Å²) in [6, 6.07) is 4.57. The summed E-state index contributed by atoms with van der Waals surface area (Å²) in [7, 11) is 0. The van der Waals surface area contributed by atoms with Gasteiger partial charge in [-0.3, -0.25) is 14.4 Å². The topological polar surface area (TPSA) is 80.7 Å². The van der Waals surface area contributed by atoms with E-state index in [1.54, 1.807) is 0 Å². The van der Waals surface area contributed by atoms with Gasteiger partial charge in [-0.05, 0) is 0 Å². The van der Waals surface area contributed by atoms with E-state index in [9.17, 15) is 23.2 Å². The highest BCUT2D eigenvalue weighted by Crippen LogP contribution is 2.18. The van der Waals surface area contributed by atoms with Crippen LogP contribution in [0, 0.1) is 0 Å². The van der Waals surface area contributed by atoms with Crippen molar-refractivity contribution in [3.05, 3.63) is 35.4 Å². The minimum absolute atomic E-state index is 0.104. The fourth-order valence-corrected chi connectivity index (χ4v) is 1.22. The van der Waals surface area contributed by atoms with Crippen molar-refractivity contribution in [1.29, 1.82) is 0 Å². The molecule has 5 nitrogen and oxygen atoms in total. The first-order chi connectivity index (χ1) is 8.90. The first-order valence-corrected chi connectivity index (χ1v) is 5.19. The zero-order chi connectivity index (χ0) is 14.4. The average molecular weight is 272 g/mol. The molecule has 0 amide bonds. The number of carbonyl (C=O) groups is 3. The fourth-order valence-electron chi connectivity index (χ4n) is 1.22. The number of alkyl halides is 2. The van der Waals surface area contributed by atoms with Crippen LogP contribution in [0.1, 0.15) is 28.8 Å². The summed E-state index contributed by atoms with van der Waals surface area (Å²) in [5.41, 5.74) is -0.119. The third kappa shape index (κ3) is 4.82. The Labute approximate surface area is 106 Å². The highest BCUT2D eigenvalue weighted by Gasteiger charge is 2.13. The zero-order valence-corrected chi connectivity index (χ0v) is 9.64. The van der Waals surface area contributed by atoms with E-state index in [1.807, 2.05) is 0 Å². The molecule has 0 aliphatic heterocycles. The summed E-state index contributed by atoms with van der Waals surface area (Å²) in [4.78, 5) is 32.6. The molecule has 102 valence electrons. The van der Waals surface area contributed by atoms with E-state index in [2.05, 4.69) is 4.74 Å². The standard InChI is InChI=1S/C12H10F2O5/c13-12(14)8-3-1-7(2-4-8)9(15)6-19-11(18)5-10(16)17/h1-4,12H,5-6H2,(H,16,17). The Morgan fingerprint density at radius 2 is 1.74 bits per heavy atom. The minimum Gasteiger partial charge on any atom is -0.481 e. The highest BCUT2D eigenvalue weighted by molar-refractivity contribution is 5.98. The maximum atomic E-state index is 12.3. The molecule has 0 heterocycles. The van der Waals surface area contributed by atoms with Crippen molar-refractivity contribution >= 4 is 17.7 Å². The second-order valence-corrected chi connectivity index (χ2v) is 3.58. The van der Waals surface area contributed by atoms with Crippen molar-refractivity contribution in [2.75, 3.05) is 6.61 Å². The molecule has 0 bridgehead atoms. The molecule has 0 radical (unpaired) electrons. The highest BCUT2D eigenvalue weighted by atomic mass is 19.3. The van der Waals surface area contributed by atoms with E-state index in [1.165, 1.54) is 12.1 Å². The lowest BCUT2D eigenvalue weighted by atomic mass is 10.1. The third-order valence-corrected chi connectivity index (χ3v) is 2.14. The van der Waals surface area contributed by atoms with E-state index >= 15 is 0 Å². The Balaban J connectivity index is 2.54. The lowest BCUT2D eigenvalue weighted by Crippen LogP contribution is -2.16. The van der Waals surface area contributed by atoms with Crippen molar-refractivity contribution in [1.82, 2.24) is 0 Å². The van der Waals surface area contributed by atoms with Crippen molar-refractivity contribution in [3.8, 4) is 0 Å². The Bertz CT molecular complexity index is 481. The number of aliphatic carboxylic acids is 1. The monoisotopic (exact) mass is 272 g/mol. The number of rotatable bonds is 6. The molecular formula is C12H10F2O5. The third-order valence-electron chi connectivity index (χ3n) is 2.14. The molecule has 0 saturated heterocycles. The minimum atomic E-state index is -2.63. The van der Waals surface area contributed by atoms with E-state index in [0.29, 0.717) is 0 Å². The predicted molar refractivity (Wildman–Crippen MR) is 58.9 cm³/mol. The maximum absolute atomic E-state index is 12.3. The molecule has 0 aliphatic rings. The lowest BCUT2D eigenvalue weighted by molar-refractivity contribution is -0.150. The van der Waals surface area contributed by atoms with Crippen LogP contribution in [0.5, 0.6) is 0 Å². The Hall–Kier alpha value is -2.31. The molecule has 0 aromatic heterocycles. The Kier molecular flexibility index (Phi) is 5.11. The molecule has 19 heavy (non-hydrogen) atoms. The number of ether oxygens (including phenoxy) is 1. The Morgan fingerprint density at radius 3 is 2.21 bits per heavy atom. The van der Waals surface area contributed by atoms with Gasteiger partial charge in [-0.2, -0.15) is 0 Å². The molecule has 0 atom stereocenters. The van der Waals surface area contributed by atoms with E-state index in [0.717, 1.165) is 12.1 Å². The number of ketones is 1. The fraction of sp³-hybridized carbons (Fsp3) is 0.250. The van der Waals surface area contributed by atoms with E-state index in [4.69, 9.17) is 5.11 Å². The van der Waals surface area contributed by atoms with Crippen molar-refractivity contribution in [2.24, 2.45) is 0 Å². The first-order valence-electron chi connectivity index (χ1n) is 5.19. The summed E-state index contributed by atoms with van der Waals surface area (Å²) in [6.45, 7) is -0.625. The van der Waals surface area contributed by atoms with Crippen LogP contribution in [-0.4, -0.2) is 29.4 Å². The van der Waals surface area contributed by atoms with Crippen molar-refractivity contribution in [2.45, 2.75) is 12.8 Å². The normalized spacial score (nSPS) is 10.3. The number of carboxylic acid groups (broad SMARTS) is 1. The SMILES string of the molecule is O=C(O)CC(=O)OCC(=O)c1ccc(C(F)F)cc1. The first kappa shape index (κ1) is 14.7. The van der Waals surface area contributed by atoms with Gasteiger partial charge in [-0.25, -0.2) is 8.78 Å². The molecule has 1 rings (SSSR count). The number of benzene rings is 1. The summed E-state index contributed by atoms with van der Waals surface area (Å²) >= 11 is 0. The number of carboxylic acids is 1. The predicted octanol–water partition coefficient (Wildman–Crippen LogP) is 1.82. The van der Waals surface area contributed by atoms with Crippen LogP contribution in [0.15, 0.2) is 24.3 Å². The number of Topliss-reactive ketones (excluding diaryl/α,β-unsaturated/α-hetero) is 1. The molecule has 0 spiro atoms. The van der Waals surface area contributed by atoms with Crippen LogP contribution in [0.2, 0.25) is 0 Å². The number of carbonyl (C=O) groups excluding carboxylic acids is 2. The summed E-state index contributed by atoms with van der Waals surface area (Å²) in [6.07, 6.45) is -3.46. The lowest BCUT2D eigenvalue weighted by Gasteiger charge is -2.04. The summed E-state index contributed by atoms with van der Waals surface area (Å²) in [5, 5.41) is 8.29. The van der Waals surface area contributed by atoms with Gasteiger partial charge in [0.2, 0.25) is 0 Å². The van der Waals surface area contributed by atoms with Gasteiger partial charge in [0.25, 0.3) is 6.43 Å². The van der Waals surface area contributed by atoms with Gasteiger partial charge in [-0.15, -0.1) is 0 Å². The second-order valence-electron chi connectivity index (χ2n) is 3.58. The summed E-state index contributed by atoms with van der Waals surface area (Å²) in [5.74, 6) is -3.00. The van der Waals surface area contributed by atoms with Crippen molar-refractivity contribution in [3.63, 3.8) is 0 Å². The molecule has 1 N–H and O–H groups in total. The molecule has 1 aromatic carbocycles. The molecule has 1 aromatic rings. The molecule has 0 fully saturated rings. The van der Waals surface area contributed by atoms with Gasteiger partial charge in [0.1, 0.15) is 6.42 Å². The van der Waals surface area contributed by atoms with Gasteiger partial charge < -0.3 is 9.84 Å². The molecular weight excluding hydrogens is 262 g/mol. The van der Waals surface area contributed by atoms with Crippen LogP contribution in [0.4, 0.5) is 8.78 Å². The molecule has 0 unspecified atom stereocenters. The van der Waals surface area contributed by atoms with Gasteiger partial charge in [0, 0.05) is 11.1 Å². The smallest absolute Gasteiger partial charge is 0.317 e. The second kappa shape index (κ2) is 6.58. The van der Waals surface area contributed by atoms with Gasteiger partial charge >= 0.3 is 11.9 Å². The van der Waals surface area contributed by atoms with Crippen LogP contribution in [-0.2, 0) is 14.3 Å². The largest absolute Gasteiger partial charge is 0.481 e.